The van der Waals surface area contributed by atoms with Crippen LogP contribution in [-0.2, 0) is 25.5 Å². The average molecular weight is 521 g/mol. The molecular formula is C29H32N2O7. The van der Waals surface area contributed by atoms with Gasteiger partial charge in [-0.15, -0.1) is 0 Å². The first kappa shape index (κ1) is 28.3. The van der Waals surface area contributed by atoms with Gasteiger partial charge in [0, 0.05) is 36.7 Å². The molecule has 1 aliphatic carbocycles. The largest absolute Gasteiger partial charge is 0.461 e. The van der Waals surface area contributed by atoms with E-state index in [2.05, 4.69) is 18.5 Å². The van der Waals surface area contributed by atoms with Crippen LogP contribution in [0.1, 0.15) is 30.4 Å². The maximum atomic E-state index is 13.4. The van der Waals surface area contributed by atoms with E-state index in [4.69, 9.17) is 9.47 Å². The van der Waals surface area contributed by atoms with E-state index in [0.29, 0.717) is 24.2 Å². The highest BCUT2D eigenvalue weighted by molar-refractivity contribution is 5.94. The molecule has 3 rings (SSSR count). The molecule has 0 saturated heterocycles. The molecule has 9 nitrogen and oxygen atoms in total. The van der Waals surface area contributed by atoms with Crippen molar-refractivity contribution in [2.45, 2.75) is 31.3 Å². The zero-order chi connectivity index (χ0) is 27.7. The Kier molecular flexibility index (Phi) is 9.56. The number of hydrogen-bond donors (Lipinski definition) is 2. The van der Waals surface area contributed by atoms with Crippen LogP contribution in [0.2, 0.25) is 0 Å². The highest BCUT2D eigenvalue weighted by atomic mass is 16.6. The normalized spacial score (nSPS) is 20.8. The number of aliphatic hydroxyl groups is 1. The maximum Gasteiger partial charge on any atom is 0.336 e. The Bertz CT molecular complexity index is 1220. The van der Waals surface area contributed by atoms with Crippen molar-refractivity contribution in [3.05, 3.63) is 112 Å². The van der Waals surface area contributed by atoms with Gasteiger partial charge in [0.25, 0.3) is 5.69 Å². The summed E-state index contributed by atoms with van der Waals surface area (Å²) in [5.41, 5.74) is -0.0158. The molecule has 0 aromatic heterocycles. The van der Waals surface area contributed by atoms with Crippen LogP contribution in [0.15, 0.2) is 91.2 Å². The number of rotatable bonds is 12. The third-order valence-corrected chi connectivity index (χ3v) is 6.36. The Labute approximate surface area is 221 Å². The van der Waals surface area contributed by atoms with Crippen LogP contribution in [0.25, 0.3) is 0 Å². The average Bonchev–Trinajstić information content (AvgIpc) is 2.90. The van der Waals surface area contributed by atoms with Crippen molar-refractivity contribution in [3.8, 4) is 0 Å². The predicted octanol–water partition coefficient (Wildman–Crippen LogP) is 3.99. The summed E-state index contributed by atoms with van der Waals surface area (Å²) in [4.78, 5) is 37.7. The van der Waals surface area contributed by atoms with Crippen LogP contribution >= 0.6 is 0 Å². The minimum Gasteiger partial charge on any atom is -0.461 e. The standard InChI is InChI=1S/C29H32N2O7/c1-4-16-37-27(32)25-23(30-15-14-20-10-7-6-8-11-20)19-29(3,34)26(28(33)38-17-5-2)24(25)21-12-9-13-22(18-21)31(35)36/h4-13,18,24,26,30,34H,1-2,14-17,19H2,3H3/t24-,26-,29-/m1/s1. The molecule has 0 bridgehead atoms. The third kappa shape index (κ3) is 6.74. The monoisotopic (exact) mass is 520 g/mol. The SMILES string of the molecule is C=CCOC(=O)C1=C(NCCc2ccccc2)C[C@@](C)(O)[C@@H](C(=O)OCC=C)[C@@H]1c1cccc([N+](=O)[O-])c1. The lowest BCUT2D eigenvalue weighted by atomic mass is 9.65. The van der Waals surface area contributed by atoms with Crippen molar-refractivity contribution in [1.29, 1.82) is 0 Å². The quantitative estimate of drug-likeness (QED) is 0.186. The van der Waals surface area contributed by atoms with Crippen molar-refractivity contribution >= 4 is 17.6 Å². The molecule has 9 heteroatoms. The van der Waals surface area contributed by atoms with E-state index in [0.717, 1.165) is 5.56 Å². The van der Waals surface area contributed by atoms with Gasteiger partial charge >= 0.3 is 11.9 Å². The zero-order valence-electron chi connectivity index (χ0n) is 21.3. The minimum atomic E-state index is -1.66. The van der Waals surface area contributed by atoms with Crippen LogP contribution in [0.3, 0.4) is 0 Å². The lowest BCUT2D eigenvalue weighted by Gasteiger charge is -2.43. The molecule has 0 aliphatic heterocycles. The molecule has 0 saturated carbocycles. The van der Waals surface area contributed by atoms with Crippen LogP contribution < -0.4 is 5.32 Å². The summed E-state index contributed by atoms with van der Waals surface area (Å²) in [6, 6.07) is 15.4. The van der Waals surface area contributed by atoms with Gasteiger partial charge in [-0.2, -0.15) is 0 Å². The Hall–Kier alpha value is -4.24. The number of benzene rings is 2. The fraction of sp³-hybridized carbons (Fsp3) is 0.310. The molecule has 1 aliphatic rings. The zero-order valence-corrected chi connectivity index (χ0v) is 21.3. The number of nitro benzene ring substituents is 1. The number of nitrogens with zero attached hydrogens (tertiary/aromatic N) is 1. The molecule has 38 heavy (non-hydrogen) atoms. The van der Waals surface area contributed by atoms with Gasteiger partial charge in [-0.3, -0.25) is 14.9 Å². The van der Waals surface area contributed by atoms with Crippen LogP contribution in [0.5, 0.6) is 0 Å². The number of hydrogen-bond acceptors (Lipinski definition) is 8. The second kappa shape index (κ2) is 12.8. The van der Waals surface area contributed by atoms with E-state index in [1.165, 1.54) is 37.3 Å². The molecule has 2 N–H and O–H groups in total. The van der Waals surface area contributed by atoms with Gasteiger partial charge in [0.2, 0.25) is 0 Å². The summed E-state index contributed by atoms with van der Waals surface area (Å²) in [6.07, 6.45) is 3.37. The number of non-ortho nitro benzene ring substituents is 1. The Morgan fingerprint density at radius 1 is 1.13 bits per heavy atom. The molecule has 0 amide bonds. The summed E-state index contributed by atoms with van der Waals surface area (Å²) in [7, 11) is 0. The summed E-state index contributed by atoms with van der Waals surface area (Å²) >= 11 is 0. The number of carbonyl (C=O) groups excluding carboxylic acids is 2. The number of nitro groups is 1. The molecule has 0 heterocycles. The molecule has 2 aromatic rings. The Morgan fingerprint density at radius 2 is 1.82 bits per heavy atom. The predicted molar refractivity (Wildman–Crippen MR) is 142 cm³/mol. The van der Waals surface area contributed by atoms with Gasteiger partial charge in [0.05, 0.1) is 22.0 Å². The van der Waals surface area contributed by atoms with Gasteiger partial charge in [0.1, 0.15) is 13.2 Å². The van der Waals surface area contributed by atoms with Crippen LogP contribution in [0.4, 0.5) is 5.69 Å². The molecule has 0 spiro atoms. The van der Waals surface area contributed by atoms with Gasteiger partial charge in [-0.25, -0.2) is 4.79 Å². The van der Waals surface area contributed by atoms with Gasteiger partial charge in [0.15, 0.2) is 0 Å². The minimum absolute atomic E-state index is 0.0698. The first-order valence-corrected chi connectivity index (χ1v) is 12.2. The Morgan fingerprint density at radius 3 is 2.47 bits per heavy atom. The summed E-state index contributed by atoms with van der Waals surface area (Å²) < 4.78 is 10.7. The molecule has 200 valence electrons. The highest BCUT2D eigenvalue weighted by Crippen LogP contribution is 2.47. The number of carbonyl (C=O) groups is 2. The topological polar surface area (TPSA) is 128 Å². The summed E-state index contributed by atoms with van der Waals surface area (Å²) in [5, 5.41) is 26.4. The van der Waals surface area contributed by atoms with E-state index < -0.39 is 34.3 Å². The van der Waals surface area contributed by atoms with Crippen molar-refractivity contribution < 1.29 is 29.1 Å². The highest BCUT2D eigenvalue weighted by Gasteiger charge is 2.52. The molecule has 0 radical (unpaired) electrons. The molecule has 0 fully saturated rings. The van der Waals surface area contributed by atoms with Gasteiger partial charge in [-0.05, 0) is 24.5 Å². The smallest absolute Gasteiger partial charge is 0.336 e. The molecule has 2 aromatic carbocycles. The van der Waals surface area contributed by atoms with Crippen LogP contribution in [-0.4, -0.2) is 47.3 Å². The second-order valence-corrected chi connectivity index (χ2v) is 9.20. The van der Waals surface area contributed by atoms with E-state index in [9.17, 15) is 24.8 Å². The van der Waals surface area contributed by atoms with Crippen molar-refractivity contribution in [3.63, 3.8) is 0 Å². The first-order chi connectivity index (χ1) is 18.2. The molecular weight excluding hydrogens is 488 g/mol. The second-order valence-electron chi connectivity index (χ2n) is 9.20. The van der Waals surface area contributed by atoms with E-state index >= 15 is 0 Å². The fourth-order valence-corrected chi connectivity index (χ4v) is 4.71. The first-order valence-electron chi connectivity index (χ1n) is 12.2. The van der Waals surface area contributed by atoms with Crippen molar-refractivity contribution in [2.24, 2.45) is 5.92 Å². The number of nitrogens with one attached hydrogen (secondary N) is 1. The summed E-state index contributed by atoms with van der Waals surface area (Å²) in [6.45, 7) is 8.87. The fourth-order valence-electron chi connectivity index (χ4n) is 4.71. The molecule has 0 unspecified atom stereocenters. The van der Waals surface area contributed by atoms with E-state index in [1.54, 1.807) is 6.07 Å². The number of ether oxygens (including phenoxy) is 2. The lowest BCUT2D eigenvalue weighted by molar-refractivity contribution is -0.384. The van der Waals surface area contributed by atoms with Crippen molar-refractivity contribution in [1.82, 2.24) is 5.32 Å². The van der Waals surface area contributed by atoms with Gasteiger partial charge < -0.3 is 19.9 Å². The molecule has 3 atom stereocenters. The van der Waals surface area contributed by atoms with E-state index in [1.807, 2.05) is 30.3 Å². The third-order valence-electron chi connectivity index (χ3n) is 6.36. The maximum absolute atomic E-state index is 13.4. The van der Waals surface area contributed by atoms with Crippen LogP contribution in [0, 0.1) is 16.0 Å². The Balaban J connectivity index is 2.15. The van der Waals surface area contributed by atoms with Gasteiger partial charge in [-0.1, -0.05) is 67.8 Å². The number of esters is 2. The lowest BCUT2D eigenvalue weighted by Crippen LogP contribution is -2.50. The summed E-state index contributed by atoms with van der Waals surface area (Å²) in [5.74, 6) is -3.83. The van der Waals surface area contributed by atoms with E-state index in [-0.39, 0.29) is 30.9 Å². The van der Waals surface area contributed by atoms with Crippen molar-refractivity contribution in [2.75, 3.05) is 19.8 Å².